The molecule has 26 heavy (non-hydrogen) atoms. The number of carbonyl (C=O) groups excluding carboxylic acids is 1. The summed E-state index contributed by atoms with van der Waals surface area (Å²) in [6, 6.07) is 15.1. The molecule has 0 unspecified atom stereocenters. The Morgan fingerprint density at radius 3 is 2.27 bits per heavy atom. The second kappa shape index (κ2) is 9.16. The van der Waals surface area contributed by atoms with Crippen molar-refractivity contribution >= 4 is 27.5 Å². The lowest BCUT2D eigenvalue weighted by Gasteiger charge is -2.22. The first-order valence-electron chi connectivity index (χ1n) is 8.35. The fourth-order valence-corrected chi connectivity index (χ4v) is 3.81. The lowest BCUT2D eigenvalue weighted by Crippen LogP contribution is -2.41. The van der Waals surface area contributed by atoms with Gasteiger partial charge in [-0.1, -0.05) is 55.8 Å². The van der Waals surface area contributed by atoms with Gasteiger partial charge in [0.25, 0.3) is 0 Å². The van der Waals surface area contributed by atoms with Gasteiger partial charge >= 0.3 is 0 Å². The van der Waals surface area contributed by atoms with E-state index in [9.17, 15) is 13.2 Å². The van der Waals surface area contributed by atoms with Gasteiger partial charge in [-0.3, -0.25) is 4.79 Å². The summed E-state index contributed by atoms with van der Waals surface area (Å²) in [6.45, 7) is 4.32. The Kier molecular flexibility index (Phi) is 7.20. The molecule has 2 rings (SSSR count). The van der Waals surface area contributed by atoms with Crippen LogP contribution in [0.1, 0.15) is 19.4 Å². The van der Waals surface area contributed by atoms with Crippen LogP contribution < -0.4 is 5.32 Å². The molecule has 0 atom stereocenters. The summed E-state index contributed by atoms with van der Waals surface area (Å²) in [7, 11) is -3.84. The van der Waals surface area contributed by atoms with Gasteiger partial charge in [0.15, 0.2) is 0 Å². The molecule has 2 aromatic rings. The number of rotatable bonds is 8. The third-order valence-corrected chi connectivity index (χ3v) is 5.74. The normalized spacial score (nSPS) is 11.7. The Morgan fingerprint density at radius 2 is 1.69 bits per heavy atom. The first-order valence-corrected chi connectivity index (χ1v) is 10.2. The molecule has 2 aromatic carbocycles. The van der Waals surface area contributed by atoms with Crippen molar-refractivity contribution in [3.8, 4) is 0 Å². The molecule has 5 nitrogen and oxygen atoms in total. The molecule has 140 valence electrons. The van der Waals surface area contributed by atoms with Crippen LogP contribution in [0.25, 0.3) is 0 Å². The summed E-state index contributed by atoms with van der Waals surface area (Å²) in [6.07, 6.45) is 0. The Labute approximate surface area is 160 Å². The van der Waals surface area contributed by atoms with Crippen LogP contribution in [0.4, 0.5) is 0 Å². The van der Waals surface area contributed by atoms with Gasteiger partial charge < -0.3 is 5.32 Å². The van der Waals surface area contributed by atoms with Gasteiger partial charge in [0.1, 0.15) is 0 Å². The van der Waals surface area contributed by atoms with E-state index in [1.807, 2.05) is 44.2 Å². The summed E-state index contributed by atoms with van der Waals surface area (Å²) in [5.41, 5.74) is 0.807. The zero-order chi connectivity index (χ0) is 19.2. The van der Waals surface area contributed by atoms with E-state index in [1.165, 1.54) is 28.6 Å². The molecule has 7 heteroatoms. The van der Waals surface area contributed by atoms with E-state index in [0.717, 1.165) is 5.56 Å². The van der Waals surface area contributed by atoms with Gasteiger partial charge in [-0.25, -0.2) is 8.42 Å². The molecule has 0 spiro atoms. The number of hydrogen-bond donors (Lipinski definition) is 1. The number of benzene rings is 2. The van der Waals surface area contributed by atoms with Gasteiger partial charge in [-0.15, -0.1) is 0 Å². The van der Waals surface area contributed by atoms with Crippen molar-refractivity contribution < 1.29 is 13.2 Å². The van der Waals surface area contributed by atoms with Crippen LogP contribution in [0.5, 0.6) is 0 Å². The predicted octanol–water partition coefficient (Wildman–Crippen LogP) is 3.30. The second-order valence-electron chi connectivity index (χ2n) is 6.41. The SMILES string of the molecule is CC(C)CNC(=O)CN(Cc1ccccc1)S(=O)(=O)c1ccc(Cl)cc1. The number of amides is 1. The first kappa shape index (κ1) is 20.4. The van der Waals surface area contributed by atoms with Crippen molar-refractivity contribution in [3.05, 3.63) is 65.2 Å². The van der Waals surface area contributed by atoms with Crippen molar-refractivity contribution in [1.82, 2.24) is 9.62 Å². The Morgan fingerprint density at radius 1 is 1.08 bits per heavy atom. The van der Waals surface area contributed by atoms with Gasteiger partial charge in [0, 0.05) is 18.1 Å². The third-order valence-electron chi connectivity index (χ3n) is 3.68. The van der Waals surface area contributed by atoms with Crippen molar-refractivity contribution in [2.24, 2.45) is 5.92 Å². The van der Waals surface area contributed by atoms with Gasteiger partial charge in [0.2, 0.25) is 15.9 Å². The fraction of sp³-hybridized carbons (Fsp3) is 0.316. The van der Waals surface area contributed by atoms with Crippen LogP contribution in [0.3, 0.4) is 0 Å². The smallest absolute Gasteiger partial charge is 0.243 e. The van der Waals surface area contributed by atoms with E-state index in [2.05, 4.69) is 5.32 Å². The molecule has 0 aromatic heterocycles. The van der Waals surface area contributed by atoms with Crippen LogP contribution in [0, 0.1) is 5.92 Å². The lowest BCUT2D eigenvalue weighted by molar-refractivity contribution is -0.121. The molecule has 1 amide bonds. The summed E-state index contributed by atoms with van der Waals surface area (Å²) < 4.78 is 27.2. The number of carbonyl (C=O) groups is 1. The monoisotopic (exact) mass is 394 g/mol. The average molecular weight is 395 g/mol. The topological polar surface area (TPSA) is 66.5 Å². The van der Waals surface area contributed by atoms with E-state index in [1.54, 1.807) is 0 Å². The quantitative estimate of drug-likeness (QED) is 0.746. The van der Waals surface area contributed by atoms with Gasteiger partial charge in [0.05, 0.1) is 11.4 Å². The Bertz CT molecular complexity index is 822. The number of sulfonamides is 1. The first-order chi connectivity index (χ1) is 12.3. The van der Waals surface area contributed by atoms with E-state index in [-0.39, 0.29) is 29.8 Å². The molecule has 0 aliphatic carbocycles. The number of nitrogens with zero attached hydrogens (tertiary/aromatic N) is 1. The van der Waals surface area contributed by atoms with E-state index < -0.39 is 10.0 Å². The highest BCUT2D eigenvalue weighted by molar-refractivity contribution is 7.89. The van der Waals surface area contributed by atoms with Crippen LogP contribution >= 0.6 is 11.6 Å². The third kappa shape index (κ3) is 5.83. The molecule has 1 N–H and O–H groups in total. The van der Waals surface area contributed by atoms with Crippen molar-refractivity contribution in [2.75, 3.05) is 13.1 Å². The minimum atomic E-state index is -3.84. The van der Waals surface area contributed by atoms with Crippen LogP contribution in [0.15, 0.2) is 59.5 Å². The maximum absolute atomic E-state index is 13.0. The highest BCUT2D eigenvalue weighted by Crippen LogP contribution is 2.20. The average Bonchev–Trinajstić information content (AvgIpc) is 2.60. The molecular weight excluding hydrogens is 372 g/mol. The predicted molar refractivity (Wildman–Crippen MR) is 103 cm³/mol. The molecule has 0 radical (unpaired) electrons. The minimum Gasteiger partial charge on any atom is -0.355 e. The van der Waals surface area contributed by atoms with Crippen LogP contribution in [0.2, 0.25) is 5.02 Å². The minimum absolute atomic E-state index is 0.106. The molecule has 0 saturated carbocycles. The maximum atomic E-state index is 13.0. The van der Waals surface area contributed by atoms with E-state index >= 15 is 0 Å². The number of hydrogen-bond acceptors (Lipinski definition) is 3. The summed E-state index contributed by atoms with van der Waals surface area (Å²) in [4.78, 5) is 12.3. The van der Waals surface area contributed by atoms with E-state index in [0.29, 0.717) is 11.6 Å². The molecule has 0 aliphatic rings. The lowest BCUT2D eigenvalue weighted by atomic mass is 10.2. The molecule has 0 bridgehead atoms. The Hall–Kier alpha value is -1.89. The van der Waals surface area contributed by atoms with Gasteiger partial charge in [-0.05, 0) is 35.7 Å². The molecule has 0 aliphatic heterocycles. The van der Waals surface area contributed by atoms with Crippen LogP contribution in [-0.4, -0.2) is 31.7 Å². The summed E-state index contributed by atoms with van der Waals surface area (Å²) >= 11 is 5.85. The van der Waals surface area contributed by atoms with E-state index in [4.69, 9.17) is 11.6 Å². The zero-order valence-corrected chi connectivity index (χ0v) is 16.4. The van der Waals surface area contributed by atoms with Crippen molar-refractivity contribution in [1.29, 1.82) is 0 Å². The van der Waals surface area contributed by atoms with Crippen molar-refractivity contribution in [2.45, 2.75) is 25.3 Å². The zero-order valence-electron chi connectivity index (χ0n) is 14.9. The maximum Gasteiger partial charge on any atom is 0.243 e. The highest BCUT2D eigenvalue weighted by Gasteiger charge is 2.26. The fourth-order valence-electron chi connectivity index (χ4n) is 2.30. The Balaban J connectivity index is 2.26. The second-order valence-corrected chi connectivity index (χ2v) is 8.78. The molecule has 0 saturated heterocycles. The van der Waals surface area contributed by atoms with Crippen LogP contribution in [-0.2, 0) is 21.4 Å². The molecule has 0 heterocycles. The summed E-state index contributed by atoms with van der Waals surface area (Å²) in [5, 5.41) is 3.22. The van der Waals surface area contributed by atoms with Gasteiger partial charge in [-0.2, -0.15) is 4.31 Å². The molecule has 0 fully saturated rings. The standard InChI is InChI=1S/C19H23ClN2O3S/c1-15(2)12-21-19(23)14-22(13-16-6-4-3-5-7-16)26(24,25)18-10-8-17(20)9-11-18/h3-11,15H,12-14H2,1-2H3,(H,21,23). The summed E-state index contributed by atoms with van der Waals surface area (Å²) in [5.74, 6) is -0.0402. The highest BCUT2D eigenvalue weighted by atomic mass is 35.5. The number of nitrogens with one attached hydrogen (secondary N) is 1. The van der Waals surface area contributed by atoms with Crippen molar-refractivity contribution in [3.63, 3.8) is 0 Å². The largest absolute Gasteiger partial charge is 0.355 e. The molecular formula is C19H23ClN2O3S. The number of halogens is 1.